The van der Waals surface area contributed by atoms with Gasteiger partial charge in [-0.2, -0.15) is 0 Å². The van der Waals surface area contributed by atoms with Gasteiger partial charge in [0.25, 0.3) is 0 Å². The molecule has 2 bridgehead atoms. The molecule has 4 aliphatic rings. The lowest BCUT2D eigenvalue weighted by atomic mass is 10.0. The number of hydrogen-bond acceptors (Lipinski definition) is 2. The largest absolute Gasteiger partial charge is 0.340 e. The van der Waals surface area contributed by atoms with Crippen molar-refractivity contribution in [3.05, 3.63) is 0 Å². The molecule has 16 heavy (non-hydrogen) atoms. The van der Waals surface area contributed by atoms with Crippen LogP contribution < -0.4 is 5.32 Å². The van der Waals surface area contributed by atoms with Crippen molar-refractivity contribution < 1.29 is 4.79 Å². The Morgan fingerprint density at radius 1 is 1.06 bits per heavy atom. The minimum Gasteiger partial charge on any atom is -0.340 e. The topological polar surface area (TPSA) is 32.3 Å². The van der Waals surface area contributed by atoms with Gasteiger partial charge in [-0.25, -0.2) is 0 Å². The van der Waals surface area contributed by atoms with Crippen molar-refractivity contribution >= 4 is 5.91 Å². The van der Waals surface area contributed by atoms with E-state index in [-0.39, 0.29) is 0 Å². The van der Waals surface area contributed by atoms with Crippen LogP contribution in [0.4, 0.5) is 0 Å². The van der Waals surface area contributed by atoms with E-state index in [1.165, 1.54) is 19.3 Å². The maximum atomic E-state index is 12.4. The SMILES string of the molecule is O=C(C1C2C3CCC(C3)C12)N1CCNCC1. The summed E-state index contributed by atoms with van der Waals surface area (Å²) in [7, 11) is 0. The van der Waals surface area contributed by atoms with Gasteiger partial charge in [0.2, 0.25) is 5.91 Å². The van der Waals surface area contributed by atoms with E-state index in [2.05, 4.69) is 10.2 Å². The van der Waals surface area contributed by atoms with Gasteiger partial charge in [-0.05, 0) is 42.9 Å². The molecular formula is C13H20N2O. The maximum absolute atomic E-state index is 12.4. The summed E-state index contributed by atoms with van der Waals surface area (Å²) in [5.74, 6) is 4.40. The van der Waals surface area contributed by atoms with E-state index in [0.29, 0.717) is 11.8 Å². The molecule has 0 radical (unpaired) electrons. The van der Waals surface area contributed by atoms with Crippen LogP contribution in [-0.2, 0) is 4.79 Å². The lowest BCUT2D eigenvalue weighted by molar-refractivity contribution is -0.134. The Labute approximate surface area is 96.6 Å². The molecule has 4 fully saturated rings. The number of carbonyl (C=O) groups is 1. The van der Waals surface area contributed by atoms with Crippen LogP contribution in [-0.4, -0.2) is 37.0 Å². The number of amides is 1. The number of rotatable bonds is 1. The van der Waals surface area contributed by atoms with Crippen molar-refractivity contribution in [3.63, 3.8) is 0 Å². The predicted molar refractivity (Wildman–Crippen MR) is 60.8 cm³/mol. The van der Waals surface area contributed by atoms with E-state index in [1.807, 2.05) is 0 Å². The fourth-order valence-corrected chi connectivity index (χ4v) is 4.75. The normalized spacial score (nSPS) is 49.2. The van der Waals surface area contributed by atoms with Crippen molar-refractivity contribution in [1.29, 1.82) is 0 Å². The standard InChI is InChI=1S/C13H20N2O/c16-13(15-5-3-14-4-6-15)12-10-8-1-2-9(7-8)11(10)12/h8-12,14H,1-7H2. The number of nitrogens with one attached hydrogen (secondary N) is 1. The van der Waals surface area contributed by atoms with Gasteiger partial charge < -0.3 is 10.2 Å². The van der Waals surface area contributed by atoms with Gasteiger partial charge >= 0.3 is 0 Å². The second-order valence-electron chi connectivity index (χ2n) is 6.09. The second-order valence-corrected chi connectivity index (χ2v) is 6.09. The Bertz CT molecular complexity index is 308. The van der Waals surface area contributed by atoms with E-state index >= 15 is 0 Å². The second kappa shape index (κ2) is 3.22. The minimum atomic E-state index is 0.448. The van der Waals surface area contributed by atoms with Gasteiger partial charge in [0, 0.05) is 32.1 Å². The molecule has 1 aliphatic heterocycles. The molecule has 0 spiro atoms. The summed E-state index contributed by atoms with van der Waals surface area (Å²) in [6, 6.07) is 0. The third kappa shape index (κ3) is 1.15. The summed E-state index contributed by atoms with van der Waals surface area (Å²) in [6.07, 6.45) is 4.27. The molecule has 3 aliphatic carbocycles. The van der Waals surface area contributed by atoms with Crippen LogP contribution in [0.3, 0.4) is 0 Å². The van der Waals surface area contributed by atoms with Crippen LogP contribution in [0, 0.1) is 29.6 Å². The quantitative estimate of drug-likeness (QED) is 0.706. The molecule has 3 heteroatoms. The molecule has 1 N–H and O–H groups in total. The molecule has 3 saturated carbocycles. The summed E-state index contributed by atoms with van der Waals surface area (Å²) in [5, 5.41) is 3.32. The van der Waals surface area contributed by atoms with Crippen molar-refractivity contribution in [3.8, 4) is 0 Å². The highest BCUT2D eigenvalue weighted by atomic mass is 16.2. The van der Waals surface area contributed by atoms with Gasteiger partial charge in [0.1, 0.15) is 0 Å². The zero-order chi connectivity index (χ0) is 10.7. The van der Waals surface area contributed by atoms with Gasteiger partial charge in [0.05, 0.1) is 0 Å². The summed E-state index contributed by atoms with van der Waals surface area (Å²) in [6.45, 7) is 3.84. The fourth-order valence-electron chi connectivity index (χ4n) is 4.75. The first-order chi connectivity index (χ1) is 7.86. The Morgan fingerprint density at radius 2 is 1.69 bits per heavy atom. The summed E-state index contributed by atoms with van der Waals surface area (Å²) in [4.78, 5) is 14.5. The van der Waals surface area contributed by atoms with Crippen molar-refractivity contribution in [2.45, 2.75) is 19.3 Å². The van der Waals surface area contributed by atoms with E-state index in [9.17, 15) is 4.79 Å². The Hall–Kier alpha value is -0.570. The van der Waals surface area contributed by atoms with E-state index in [0.717, 1.165) is 49.9 Å². The third-order valence-electron chi connectivity index (χ3n) is 5.45. The molecule has 3 nitrogen and oxygen atoms in total. The molecule has 1 amide bonds. The molecule has 88 valence electrons. The molecule has 0 aromatic carbocycles. The first-order valence-corrected chi connectivity index (χ1v) is 6.86. The van der Waals surface area contributed by atoms with Crippen LogP contribution in [0.2, 0.25) is 0 Å². The molecule has 0 aromatic rings. The predicted octanol–water partition coefficient (Wildman–Crippen LogP) is 0.710. The highest BCUT2D eigenvalue weighted by Crippen LogP contribution is 2.69. The van der Waals surface area contributed by atoms with Gasteiger partial charge in [-0.15, -0.1) is 0 Å². The Morgan fingerprint density at radius 3 is 2.31 bits per heavy atom. The van der Waals surface area contributed by atoms with Crippen LogP contribution in [0.1, 0.15) is 19.3 Å². The summed E-state index contributed by atoms with van der Waals surface area (Å²) in [5.41, 5.74) is 0. The van der Waals surface area contributed by atoms with Gasteiger partial charge in [0.15, 0.2) is 0 Å². The lowest BCUT2D eigenvalue weighted by Gasteiger charge is -2.28. The zero-order valence-corrected chi connectivity index (χ0v) is 9.69. The number of fused-ring (bicyclic) bond motifs is 5. The molecule has 0 aromatic heterocycles. The minimum absolute atomic E-state index is 0.448. The van der Waals surface area contributed by atoms with Crippen LogP contribution in [0.5, 0.6) is 0 Å². The summed E-state index contributed by atoms with van der Waals surface area (Å²) >= 11 is 0. The molecule has 1 saturated heterocycles. The maximum Gasteiger partial charge on any atom is 0.226 e. The van der Waals surface area contributed by atoms with Crippen molar-refractivity contribution in [2.24, 2.45) is 29.6 Å². The smallest absolute Gasteiger partial charge is 0.226 e. The van der Waals surface area contributed by atoms with Crippen LogP contribution in [0.25, 0.3) is 0 Å². The van der Waals surface area contributed by atoms with Gasteiger partial charge in [-0.1, -0.05) is 0 Å². The molecule has 4 rings (SSSR count). The molecule has 4 atom stereocenters. The molecular weight excluding hydrogens is 200 g/mol. The van der Waals surface area contributed by atoms with E-state index in [4.69, 9.17) is 0 Å². The fraction of sp³-hybridized carbons (Fsp3) is 0.923. The van der Waals surface area contributed by atoms with E-state index < -0.39 is 0 Å². The van der Waals surface area contributed by atoms with Gasteiger partial charge in [-0.3, -0.25) is 4.79 Å². The van der Waals surface area contributed by atoms with Crippen molar-refractivity contribution in [2.75, 3.05) is 26.2 Å². The van der Waals surface area contributed by atoms with E-state index in [1.54, 1.807) is 0 Å². The first-order valence-electron chi connectivity index (χ1n) is 6.86. The summed E-state index contributed by atoms with van der Waals surface area (Å²) < 4.78 is 0. The Balaban J connectivity index is 1.46. The van der Waals surface area contributed by atoms with Crippen LogP contribution in [0.15, 0.2) is 0 Å². The third-order valence-corrected chi connectivity index (χ3v) is 5.45. The average Bonchev–Trinajstić information content (AvgIpc) is 2.77. The monoisotopic (exact) mass is 220 g/mol. The van der Waals surface area contributed by atoms with Crippen molar-refractivity contribution in [1.82, 2.24) is 10.2 Å². The number of nitrogens with zero attached hydrogens (tertiary/aromatic N) is 1. The average molecular weight is 220 g/mol. The lowest BCUT2D eigenvalue weighted by Crippen LogP contribution is -2.47. The molecule has 4 unspecified atom stereocenters. The number of carbonyl (C=O) groups excluding carboxylic acids is 1. The molecule has 1 heterocycles. The zero-order valence-electron chi connectivity index (χ0n) is 9.69. The number of hydrogen-bond donors (Lipinski definition) is 1. The highest BCUT2D eigenvalue weighted by Gasteiger charge is 2.67. The Kier molecular flexibility index (Phi) is 1.90. The van der Waals surface area contributed by atoms with Crippen LogP contribution >= 0.6 is 0 Å². The highest BCUT2D eigenvalue weighted by molar-refractivity contribution is 5.83. The number of piperazine rings is 1. The first kappa shape index (κ1) is 9.46.